The van der Waals surface area contributed by atoms with Gasteiger partial charge in [-0.05, 0) is 36.8 Å². The molecule has 0 aliphatic heterocycles. The van der Waals surface area contributed by atoms with Crippen LogP contribution in [0.1, 0.15) is 11.1 Å². The fourth-order valence-electron chi connectivity index (χ4n) is 1.46. The highest BCUT2D eigenvalue weighted by Crippen LogP contribution is 2.08. The van der Waals surface area contributed by atoms with Gasteiger partial charge < -0.3 is 0 Å². The Kier molecular flexibility index (Phi) is 4.44. The molecule has 0 heterocycles. The van der Waals surface area contributed by atoms with Crippen molar-refractivity contribution in [2.45, 2.75) is 6.92 Å². The highest BCUT2D eigenvalue weighted by molar-refractivity contribution is 5.85. The molecule has 0 aliphatic rings. The van der Waals surface area contributed by atoms with Gasteiger partial charge in [-0.3, -0.25) is 10.2 Å². The average molecular weight is 272 g/mol. The quantitative estimate of drug-likeness (QED) is 0.526. The highest BCUT2D eigenvalue weighted by atomic mass is 19.1. The van der Waals surface area contributed by atoms with E-state index in [2.05, 4.69) is 15.3 Å². The first-order valence-corrected chi connectivity index (χ1v) is 5.97. The maximum Gasteiger partial charge on any atom is 0.437 e. The Morgan fingerprint density at radius 2 is 1.80 bits per heavy atom. The molecule has 1 N–H and O–H groups in total. The van der Waals surface area contributed by atoms with Crippen molar-refractivity contribution in [3.05, 3.63) is 65.5 Å². The fourth-order valence-corrected chi connectivity index (χ4v) is 1.46. The highest BCUT2D eigenvalue weighted by Gasteiger charge is 2.01. The van der Waals surface area contributed by atoms with Crippen LogP contribution in [0.2, 0.25) is 0 Å². The fraction of sp³-hybridized carbons (Fsp3) is 0.0667. The number of amides is 1. The molecule has 0 saturated heterocycles. The number of hydrogen-bond acceptors (Lipinski definition) is 3. The van der Waals surface area contributed by atoms with Gasteiger partial charge in [0.05, 0.1) is 6.21 Å². The normalized spacial score (nSPS) is 10.5. The second-order valence-corrected chi connectivity index (χ2v) is 4.16. The van der Waals surface area contributed by atoms with Crippen molar-refractivity contribution in [2.75, 3.05) is 5.32 Å². The van der Waals surface area contributed by atoms with Gasteiger partial charge in [0.1, 0.15) is 5.82 Å². The number of benzene rings is 2. The monoisotopic (exact) mass is 272 g/mol. The number of nitrogens with one attached hydrogen (secondary N) is 1. The first kappa shape index (κ1) is 13.7. The molecule has 0 fully saturated rings. The third-order valence-electron chi connectivity index (χ3n) is 2.51. The average Bonchev–Trinajstić information content (AvgIpc) is 2.44. The van der Waals surface area contributed by atoms with E-state index in [9.17, 15) is 9.18 Å². The third-order valence-corrected chi connectivity index (χ3v) is 2.51. The molecule has 0 spiro atoms. The summed E-state index contributed by atoms with van der Waals surface area (Å²) in [6, 6.07) is 12.9. The van der Waals surface area contributed by atoms with E-state index in [0.717, 1.165) is 5.56 Å². The Labute approximate surface area is 115 Å². The maximum absolute atomic E-state index is 12.7. The van der Waals surface area contributed by atoms with Crippen molar-refractivity contribution in [2.24, 2.45) is 5.16 Å². The Hall–Kier alpha value is -2.69. The zero-order chi connectivity index (χ0) is 14.4. The van der Waals surface area contributed by atoms with Crippen LogP contribution in [0.25, 0.3) is 0 Å². The molecule has 0 aliphatic carbocycles. The second kappa shape index (κ2) is 6.47. The molecule has 0 aromatic heterocycles. The van der Waals surface area contributed by atoms with Crippen LogP contribution in [0, 0.1) is 12.7 Å². The topological polar surface area (TPSA) is 50.7 Å². The molecular formula is C15H13FN2O2. The number of rotatable bonds is 3. The standard InChI is InChI=1S/C15H13FN2O2/c1-11-2-8-14(9-3-11)18-15(19)20-17-10-12-4-6-13(16)7-5-12/h2-10H,1H3,(H,18,19)/b17-10-. The van der Waals surface area contributed by atoms with E-state index in [-0.39, 0.29) is 5.82 Å². The lowest BCUT2D eigenvalue weighted by Gasteiger charge is -2.02. The smallest absolute Gasteiger partial charge is 0.298 e. The Balaban J connectivity index is 1.85. The SMILES string of the molecule is Cc1ccc(NC(=O)O/N=C\c2ccc(F)cc2)cc1. The van der Waals surface area contributed by atoms with Crippen molar-refractivity contribution in [3.8, 4) is 0 Å². The largest absolute Gasteiger partial charge is 0.437 e. The molecule has 5 heteroatoms. The predicted molar refractivity (Wildman–Crippen MR) is 75.3 cm³/mol. The Morgan fingerprint density at radius 3 is 2.45 bits per heavy atom. The van der Waals surface area contributed by atoms with Gasteiger partial charge in [-0.25, -0.2) is 9.18 Å². The van der Waals surface area contributed by atoms with Gasteiger partial charge >= 0.3 is 6.09 Å². The number of anilines is 1. The summed E-state index contributed by atoms with van der Waals surface area (Å²) in [7, 11) is 0. The van der Waals surface area contributed by atoms with E-state index in [0.29, 0.717) is 11.3 Å². The number of oxime groups is 1. The summed E-state index contributed by atoms with van der Waals surface area (Å²) in [6.07, 6.45) is 0.640. The number of hydrogen-bond donors (Lipinski definition) is 1. The molecule has 0 bridgehead atoms. The molecule has 0 atom stereocenters. The lowest BCUT2D eigenvalue weighted by Crippen LogP contribution is -2.10. The molecule has 102 valence electrons. The summed E-state index contributed by atoms with van der Waals surface area (Å²) in [5.41, 5.74) is 2.35. The van der Waals surface area contributed by atoms with Crippen molar-refractivity contribution in [3.63, 3.8) is 0 Å². The number of carbonyl (C=O) groups excluding carboxylic acids is 1. The van der Waals surface area contributed by atoms with E-state index in [1.54, 1.807) is 12.1 Å². The summed E-state index contributed by atoms with van der Waals surface area (Å²) in [5, 5.41) is 6.06. The van der Waals surface area contributed by atoms with Gasteiger partial charge in [-0.1, -0.05) is 35.0 Å². The summed E-state index contributed by atoms with van der Waals surface area (Å²) < 4.78 is 12.7. The zero-order valence-electron chi connectivity index (χ0n) is 10.8. The van der Waals surface area contributed by atoms with Gasteiger partial charge in [-0.2, -0.15) is 0 Å². The summed E-state index contributed by atoms with van der Waals surface area (Å²) in [5.74, 6) is -0.333. The Bertz CT molecular complexity index is 607. The lowest BCUT2D eigenvalue weighted by molar-refractivity contribution is 0.167. The molecule has 20 heavy (non-hydrogen) atoms. The molecule has 0 radical (unpaired) electrons. The third kappa shape index (κ3) is 4.20. The lowest BCUT2D eigenvalue weighted by atomic mass is 10.2. The van der Waals surface area contributed by atoms with Gasteiger partial charge in [0.15, 0.2) is 0 Å². The van der Waals surface area contributed by atoms with Crippen molar-refractivity contribution in [1.82, 2.24) is 0 Å². The van der Waals surface area contributed by atoms with Gasteiger partial charge in [0.2, 0.25) is 0 Å². The summed E-state index contributed by atoms with van der Waals surface area (Å²) in [4.78, 5) is 16.1. The van der Waals surface area contributed by atoms with E-state index in [1.807, 2.05) is 19.1 Å². The maximum atomic E-state index is 12.7. The number of nitrogens with zero attached hydrogens (tertiary/aromatic N) is 1. The van der Waals surface area contributed by atoms with Crippen molar-refractivity contribution < 1.29 is 14.0 Å². The van der Waals surface area contributed by atoms with Gasteiger partial charge in [-0.15, -0.1) is 0 Å². The summed E-state index contributed by atoms with van der Waals surface area (Å²) in [6.45, 7) is 1.95. The van der Waals surface area contributed by atoms with Crippen LogP contribution in [0.5, 0.6) is 0 Å². The van der Waals surface area contributed by atoms with Crippen LogP contribution in [-0.2, 0) is 4.84 Å². The van der Waals surface area contributed by atoms with Crippen molar-refractivity contribution in [1.29, 1.82) is 0 Å². The van der Waals surface area contributed by atoms with Crippen LogP contribution in [-0.4, -0.2) is 12.3 Å². The Morgan fingerprint density at radius 1 is 1.15 bits per heavy atom. The minimum Gasteiger partial charge on any atom is -0.298 e. The minimum absolute atomic E-state index is 0.333. The first-order chi connectivity index (χ1) is 9.63. The molecule has 2 aromatic rings. The van der Waals surface area contributed by atoms with E-state index >= 15 is 0 Å². The van der Waals surface area contributed by atoms with Gasteiger partial charge in [0, 0.05) is 5.69 Å². The van der Waals surface area contributed by atoms with Crippen LogP contribution in [0.3, 0.4) is 0 Å². The van der Waals surface area contributed by atoms with Crippen LogP contribution < -0.4 is 5.32 Å². The molecule has 0 unspecified atom stereocenters. The first-order valence-electron chi connectivity index (χ1n) is 5.97. The zero-order valence-corrected chi connectivity index (χ0v) is 10.8. The van der Waals surface area contributed by atoms with E-state index in [4.69, 9.17) is 0 Å². The van der Waals surface area contributed by atoms with Crippen LogP contribution >= 0.6 is 0 Å². The molecule has 2 aromatic carbocycles. The van der Waals surface area contributed by atoms with Gasteiger partial charge in [0.25, 0.3) is 0 Å². The molecule has 2 rings (SSSR count). The molecule has 1 amide bonds. The minimum atomic E-state index is -0.688. The predicted octanol–water partition coefficient (Wildman–Crippen LogP) is 3.72. The number of aryl methyl sites for hydroxylation is 1. The van der Waals surface area contributed by atoms with Crippen molar-refractivity contribution >= 4 is 18.0 Å². The second-order valence-electron chi connectivity index (χ2n) is 4.16. The van der Waals surface area contributed by atoms with E-state index < -0.39 is 6.09 Å². The molecular weight excluding hydrogens is 259 g/mol. The van der Waals surface area contributed by atoms with Crippen LogP contribution in [0.4, 0.5) is 14.9 Å². The van der Waals surface area contributed by atoms with Crippen LogP contribution in [0.15, 0.2) is 53.7 Å². The number of halogens is 1. The summed E-state index contributed by atoms with van der Waals surface area (Å²) >= 11 is 0. The molecule has 4 nitrogen and oxygen atoms in total. The van der Waals surface area contributed by atoms with E-state index in [1.165, 1.54) is 30.5 Å². The molecule has 0 saturated carbocycles. The number of carbonyl (C=O) groups is 1.